The molecule has 0 saturated heterocycles. The quantitative estimate of drug-likeness (QED) is 0.481. The topological polar surface area (TPSA) is 113 Å². The monoisotopic (exact) mass is 449 g/mol. The fraction of sp³-hybridized carbons (Fsp3) is 0.304. The summed E-state index contributed by atoms with van der Waals surface area (Å²) in [5.74, 6) is 1.94. The van der Waals surface area contributed by atoms with E-state index in [2.05, 4.69) is 15.5 Å². The molecule has 10 heteroatoms. The van der Waals surface area contributed by atoms with Gasteiger partial charge in [-0.15, -0.1) is 0 Å². The van der Waals surface area contributed by atoms with Gasteiger partial charge in [-0.2, -0.15) is 4.98 Å². The third kappa shape index (κ3) is 3.84. The summed E-state index contributed by atoms with van der Waals surface area (Å²) in [6.07, 6.45) is 0. The number of aryl methyl sites for hydroxylation is 1. The van der Waals surface area contributed by atoms with E-state index in [0.29, 0.717) is 40.8 Å². The number of hydrogen-bond donors (Lipinski definition) is 1. The van der Waals surface area contributed by atoms with Crippen LogP contribution in [0.5, 0.6) is 11.5 Å². The number of nitrogens with one attached hydrogen (secondary N) is 1. The lowest BCUT2D eigenvalue weighted by atomic mass is 10.2. The van der Waals surface area contributed by atoms with E-state index in [4.69, 9.17) is 14.0 Å². The molecule has 0 aliphatic carbocycles. The molecule has 0 spiro atoms. The number of carbonyl (C=O) groups excluding carboxylic acids is 1. The normalized spacial score (nSPS) is 12.6. The van der Waals surface area contributed by atoms with Crippen LogP contribution >= 0.6 is 0 Å². The van der Waals surface area contributed by atoms with Gasteiger partial charge in [0.25, 0.3) is 0 Å². The third-order valence-corrected chi connectivity index (χ3v) is 5.49. The Morgan fingerprint density at radius 2 is 1.94 bits per heavy atom. The van der Waals surface area contributed by atoms with Crippen LogP contribution in [0.1, 0.15) is 31.3 Å². The third-order valence-electron chi connectivity index (χ3n) is 5.49. The largest absolute Gasteiger partial charge is 0.454 e. The first-order chi connectivity index (χ1) is 15.9. The van der Waals surface area contributed by atoms with Crippen molar-refractivity contribution in [2.45, 2.75) is 39.9 Å². The Bertz CT molecular complexity index is 1410. The predicted molar refractivity (Wildman–Crippen MR) is 119 cm³/mol. The average molecular weight is 449 g/mol. The highest BCUT2D eigenvalue weighted by molar-refractivity contribution is 5.84. The van der Waals surface area contributed by atoms with E-state index in [1.165, 1.54) is 4.57 Å². The number of aromatic nitrogens is 4. The molecule has 1 amide bonds. The molecule has 1 aliphatic rings. The smallest absolute Gasteiger partial charge is 0.329 e. The van der Waals surface area contributed by atoms with Gasteiger partial charge in [-0.1, -0.05) is 11.2 Å². The minimum atomic E-state index is -0.279. The van der Waals surface area contributed by atoms with Gasteiger partial charge in [0.05, 0.1) is 11.0 Å². The van der Waals surface area contributed by atoms with Gasteiger partial charge in [0.1, 0.15) is 6.54 Å². The second-order valence-electron chi connectivity index (χ2n) is 8.14. The number of rotatable bonds is 6. The Morgan fingerprint density at radius 1 is 1.12 bits per heavy atom. The Hall–Kier alpha value is -4.08. The Morgan fingerprint density at radius 3 is 2.70 bits per heavy atom. The highest BCUT2D eigenvalue weighted by Crippen LogP contribution is 2.32. The van der Waals surface area contributed by atoms with Crippen LogP contribution in [0.15, 0.2) is 45.7 Å². The zero-order chi connectivity index (χ0) is 23.1. The maximum Gasteiger partial charge on any atom is 0.329 e. The summed E-state index contributed by atoms with van der Waals surface area (Å²) in [6.45, 7) is 5.96. The molecule has 3 heterocycles. The lowest BCUT2D eigenvalue weighted by Gasteiger charge is -2.08. The molecule has 0 saturated carbocycles. The highest BCUT2D eigenvalue weighted by atomic mass is 16.7. The van der Waals surface area contributed by atoms with Gasteiger partial charge in [0, 0.05) is 25.1 Å². The van der Waals surface area contributed by atoms with Gasteiger partial charge < -0.3 is 19.3 Å². The fourth-order valence-corrected chi connectivity index (χ4v) is 3.94. The maximum absolute atomic E-state index is 13.2. The SMILES string of the molecule is Cc1nc(-c2ccc3c(c2)n(CC(=O)NCc2ccc4c(c2)OCO4)c(=O)n3C(C)C)no1. The predicted octanol–water partition coefficient (Wildman–Crippen LogP) is 2.79. The number of imidazole rings is 1. The van der Waals surface area contributed by atoms with Crippen molar-refractivity contribution in [2.75, 3.05) is 6.79 Å². The summed E-state index contributed by atoms with van der Waals surface area (Å²) in [4.78, 5) is 30.2. The van der Waals surface area contributed by atoms with Crippen LogP contribution < -0.4 is 20.5 Å². The number of fused-ring (bicyclic) bond motifs is 2. The molecule has 2 aromatic carbocycles. The number of hydrogen-bond acceptors (Lipinski definition) is 7. The van der Waals surface area contributed by atoms with Crippen LogP contribution in [0.25, 0.3) is 22.4 Å². The van der Waals surface area contributed by atoms with Crippen molar-refractivity contribution >= 4 is 16.9 Å². The van der Waals surface area contributed by atoms with Gasteiger partial charge in [0.15, 0.2) is 11.5 Å². The second kappa shape index (κ2) is 8.12. The van der Waals surface area contributed by atoms with E-state index in [-0.39, 0.29) is 31.0 Å². The van der Waals surface area contributed by atoms with Gasteiger partial charge in [0.2, 0.25) is 24.4 Å². The van der Waals surface area contributed by atoms with E-state index in [9.17, 15) is 9.59 Å². The maximum atomic E-state index is 13.2. The van der Waals surface area contributed by atoms with Crippen molar-refractivity contribution in [3.8, 4) is 22.9 Å². The minimum absolute atomic E-state index is 0.0730. The molecule has 1 N–H and O–H groups in total. The van der Waals surface area contributed by atoms with Gasteiger partial charge in [-0.25, -0.2) is 4.79 Å². The van der Waals surface area contributed by atoms with Crippen molar-refractivity contribution in [2.24, 2.45) is 0 Å². The van der Waals surface area contributed by atoms with E-state index in [1.807, 2.05) is 50.2 Å². The number of benzene rings is 2. The summed E-state index contributed by atoms with van der Waals surface area (Å²) < 4.78 is 18.9. The molecule has 0 atom stereocenters. The summed E-state index contributed by atoms with van der Waals surface area (Å²) in [5, 5.41) is 6.83. The van der Waals surface area contributed by atoms with Crippen LogP contribution in [0, 0.1) is 6.92 Å². The van der Waals surface area contributed by atoms with E-state index < -0.39 is 0 Å². The molecule has 4 aromatic rings. The Balaban J connectivity index is 1.42. The molecule has 0 radical (unpaired) electrons. The van der Waals surface area contributed by atoms with Crippen LogP contribution in [-0.2, 0) is 17.9 Å². The summed E-state index contributed by atoms with van der Waals surface area (Å²) in [7, 11) is 0. The van der Waals surface area contributed by atoms with Crippen molar-refractivity contribution in [1.29, 1.82) is 0 Å². The number of ether oxygens (including phenoxy) is 2. The molecule has 2 aromatic heterocycles. The molecule has 5 rings (SSSR count). The first-order valence-corrected chi connectivity index (χ1v) is 10.6. The molecular formula is C23H23N5O5. The van der Waals surface area contributed by atoms with Crippen molar-refractivity contribution in [1.82, 2.24) is 24.6 Å². The number of amides is 1. The molecule has 33 heavy (non-hydrogen) atoms. The molecule has 170 valence electrons. The Kier molecular flexibility index (Phi) is 5.12. The van der Waals surface area contributed by atoms with E-state index >= 15 is 0 Å². The zero-order valence-corrected chi connectivity index (χ0v) is 18.5. The lowest BCUT2D eigenvalue weighted by molar-refractivity contribution is -0.121. The molecule has 0 unspecified atom stereocenters. The van der Waals surface area contributed by atoms with Crippen molar-refractivity contribution in [3.05, 3.63) is 58.3 Å². The standard InChI is InChI=1S/C23H23N5O5/c1-13(2)28-17-6-5-16(22-25-14(3)33-26-22)9-18(17)27(23(28)30)11-21(29)24-10-15-4-7-19-20(8-15)32-12-31-19/h4-9,13H,10-12H2,1-3H3,(H,24,29). The average Bonchev–Trinajstić information content (AvgIpc) is 3.50. The van der Waals surface area contributed by atoms with Crippen molar-refractivity contribution in [3.63, 3.8) is 0 Å². The van der Waals surface area contributed by atoms with Crippen LogP contribution in [0.4, 0.5) is 0 Å². The fourth-order valence-electron chi connectivity index (χ4n) is 3.94. The number of carbonyl (C=O) groups is 1. The summed E-state index contributed by atoms with van der Waals surface area (Å²) in [5.41, 5.74) is 2.70. The van der Waals surface area contributed by atoms with Crippen LogP contribution in [-0.4, -0.2) is 32.0 Å². The molecule has 10 nitrogen and oxygen atoms in total. The molecule has 0 bridgehead atoms. The molecule has 1 aliphatic heterocycles. The van der Waals surface area contributed by atoms with Crippen molar-refractivity contribution < 1.29 is 18.8 Å². The second-order valence-corrected chi connectivity index (χ2v) is 8.14. The zero-order valence-electron chi connectivity index (χ0n) is 18.5. The van der Waals surface area contributed by atoms with Gasteiger partial charge in [-0.3, -0.25) is 13.9 Å². The molecule has 0 fully saturated rings. The Labute approximate surface area is 188 Å². The first-order valence-electron chi connectivity index (χ1n) is 10.6. The van der Waals surface area contributed by atoms with Crippen LogP contribution in [0.2, 0.25) is 0 Å². The van der Waals surface area contributed by atoms with Gasteiger partial charge >= 0.3 is 5.69 Å². The van der Waals surface area contributed by atoms with E-state index in [0.717, 1.165) is 11.1 Å². The molecular weight excluding hydrogens is 426 g/mol. The van der Waals surface area contributed by atoms with Crippen LogP contribution in [0.3, 0.4) is 0 Å². The first kappa shape index (κ1) is 20.8. The van der Waals surface area contributed by atoms with Gasteiger partial charge in [-0.05, 0) is 49.7 Å². The minimum Gasteiger partial charge on any atom is -0.454 e. The summed E-state index contributed by atoms with van der Waals surface area (Å²) in [6, 6.07) is 10.9. The van der Waals surface area contributed by atoms with E-state index in [1.54, 1.807) is 11.5 Å². The number of nitrogens with zero attached hydrogens (tertiary/aromatic N) is 4. The summed E-state index contributed by atoms with van der Waals surface area (Å²) >= 11 is 0. The lowest BCUT2D eigenvalue weighted by Crippen LogP contribution is -2.33. The highest BCUT2D eigenvalue weighted by Gasteiger charge is 2.19.